The molecule has 0 aromatic heterocycles. The topological polar surface area (TPSA) is 58.6 Å². The molecule has 0 aliphatic heterocycles. The molecule has 5 nitrogen and oxygen atoms in total. The SMILES string of the molecule is CCCNC(=O)[C@H](C)N(Cc1ccccc1)C(=O)COc1ccc(Cl)cc1Br. The number of amides is 2. The number of hydrogen-bond donors (Lipinski definition) is 1. The number of benzene rings is 2. The first-order valence-corrected chi connectivity index (χ1v) is 10.3. The van der Waals surface area contributed by atoms with Gasteiger partial charge in [-0.25, -0.2) is 0 Å². The predicted octanol–water partition coefficient (Wildman–Crippen LogP) is 4.42. The van der Waals surface area contributed by atoms with Gasteiger partial charge in [-0.2, -0.15) is 0 Å². The van der Waals surface area contributed by atoms with Crippen molar-refractivity contribution in [2.45, 2.75) is 32.9 Å². The van der Waals surface area contributed by atoms with Crippen molar-refractivity contribution in [3.05, 3.63) is 63.6 Å². The molecule has 0 fully saturated rings. The Morgan fingerprint density at radius 1 is 1.21 bits per heavy atom. The normalized spacial score (nSPS) is 11.6. The zero-order valence-electron chi connectivity index (χ0n) is 16.0. The molecule has 2 aromatic carbocycles. The standard InChI is InChI=1S/C21H24BrClN2O3/c1-3-11-24-21(27)15(2)25(13-16-7-5-4-6-8-16)20(26)14-28-19-10-9-17(23)12-18(19)22/h4-10,12,15H,3,11,13-14H2,1-2H3,(H,24,27)/t15-/m0/s1. The fraction of sp³-hybridized carbons (Fsp3) is 0.333. The Balaban J connectivity index is 2.12. The molecule has 0 unspecified atom stereocenters. The Morgan fingerprint density at radius 3 is 2.57 bits per heavy atom. The van der Waals surface area contributed by atoms with Gasteiger partial charge in [-0.05, 0) is 53.0 Å². The summed E-state index contributed by atoms with van der Waals surface area (Å²) in [5, 5.41) is 3.41. The van der Waals surface area contributed by atoms with Crippen LogP contribution in [0.15, 0.2) is 53.0 Å². The summed E-state index contributed by atoms with van der Waals surface area (Å²) >= 11 is 9.30. The number of ether oxygens (including phenoxy) is 1. The van der Waals surface area contributed by atoms with Gasteiger partial charge in [0.25, 0.3) is 5.91 Å². The first-order valence-electron chi connectivity index (χ1n) is 9.11. The maximum atomic E-state index is 12.9. The average Bonchev–Trinajstić information content (AvgIpc) is 2.69. The van der Waals surface area contributed by atoms with Gasteiger partial charge in [-0.1, -0.05) is 48.9 Å². The first kappa shape index (κ1) is 22.2. The third-order valence-electron chi connectivity index (χ3n) is 4.16. The van der Waals surface area contributed by atoms with Crippen molar-refractivity contribution in [2.24, 2.45) is 0 Å². The van der Waals surface area contributed by atoms with E-state index in [0.717, 1.165) is 12.0 Å². The molecule has 150 valence electrons. The van der Waals surface area contributed by atoms with Gasteiger partial charge in [-0.3, -0.25) is 9.59 Å². The minimum Gasteiger partial charge on any atom is -0.483 e. The molecule has 1 atom stereocenters. The molecule has 0 radical (unpaired) electrons. The number of carbonyl (C=O) groups excluding carboxylic acids is 2. The summed E-state index contributed by atoms with van der Waals surface area (Å²) in [6.07, 6.45) is 0.832. The maximum absolute atomic E-state index is 12.9. The van der Waals surface area contributed by atoms with Gasteiger partial charge in [0.2, 0.25) is 5.91 Å². The minimum absolute atomic E-state index is 0.182. The summed E-state index contributed by atoms with van der Waals surface area (Å²) in [5.74, 6) is 0.0594. The molecule has 2 rings (SSSR count). The van der Waals surface area contributed by atoms with Crippen LogP contribution in [0.4, 0.5) is 0 Å². The highest BCUT2D eigenvalue weighted by molar-refractivity contribution is 9.10. The molecule has 0 bridgehead atoms. The second-order valence-corrected chi connectivity index (χ2v) is 7.63. The van der Waals surface area contributed by atoms with Gasteiger partial charge < -0.3 is 15.0 Å². The first-order chi connectivity index (χ1) is 13.4. The van der Waals surface area contributed by atoms with Gasteiger partial charge >= 0.3 is 0 Å². The van der Waals surface area contributed by atoms with Crippen molar-refractivity contribution in [3.8, 4) is 5.75 Å². The highest BCUT2D eigenvalue weighted by Gasteiger charge is 2.26. The Hall–Kier alpha value is -2.05. The van der Waals surface area contributed by atoms with Gasteiger partial charge in [0, 0.05) is 18.1 Å². The molecule has 0 spiro atoms. The summed E-state index contributed by atoms with van der Waals surface area (Å²) in [6, 6.07) is 14.0. The molecular formula is C21H24BrClN2O3. The second kappa shape index (κ2) is 11.1. The maximum Gasteiger partial charge on any atom is 0.261 e. The van der Waals surface area contributed by atoms with E-state index < -0.39 is 6.04 Å². The summed E-state index contributed by atoms with van der Waals surface area (Å²) in [5.41, 5.74) is 0.943. The van der Waals surface area contributed by atoms with Crippen molar-refractivity contribution in [3.63, 3.8) is 0 Å². The average molecular weight is 468 g/mol. The van der Waals surface area contributed by atoms with Crippen molar-refractivity contribution in [1.82, 2.24) is 10.2 Å². The van der Waals surface area contributed by atoms with E-state index in [4.69, 9.17) is 16.3 Å². The molecule has 28 heavy (non-hydrogen) atoms. The molecular weight excluding hydrogens is 444 g/mol. The minimum atomic E-state index is -0.614. The van der Waals surface area contributed by atoms with Crippen LogP contribution < -0.4 is 10.1 Å². The lowest BCUT2D eigenvalue weighted by molar-refractivity contribution is -0.142. The smallest absolute Gasteiger partial charge is 0.261 e. The number of nitrogens with zero attached hydrogens (tertiary/aromatic N) is 1. The van der Waals surface area contributed by atoms with E-state index in [0.29, 0.717) is 28.3 Å². The van der Waals surface area contributed by atoms with E-state index in [1.165, 1.54) is 4.90 Å². The van der Waals surface area contributed by atoms with Crippen molar-refractivity contribution in [1.29, 1.82) is 0 Å². The number of carbonyl (C=O) groups is 2. The third kappa shape index (κ3) is 6.53. The van der Waals surface area contributed by atoms with Gasteiger partial charge in [0.1, 0.15) is 11.8 Å². The number of rotatable bonds is 9. The zero-order chi connectivity index (χ0) is 20.5. The summed E-state index contributed by atoms with van der Waals surface area (Å²) in [4.78, 5) is 26.9. The highest BCUT2D eigenvalue weighted by Crippen LogP contribution is 2.28. The lowest BCUT2D eigenvalue weighted by Gasteiger charge is -2.28. The summed E-state index contributed by atoms with van der Waals surface area (Å²) < 4.78 is 6.32. The summed E-state index contributed by atoms with van der Waals surface area (Å²) in [7, 11) is 0. The molecule has 7 heteroatoms. The molecule has 2 amide bonds. The lowest BCUT2D eigenvalue weighted by Crippen LogP contribution is -2.49. The van der Waals surface area contributed by atoms with Crippen LogP contribution in [0.2, 0.25) is 5.02 Å². The largest absolute Gasteiger partial charge is 0.483 e. The third-order valence-corrected chi connectivity index (χ3v) is 5.01. The molecule has 0 heterocycles. The van der Waals surface area contributed by atoms with Crippen LogP contribution in [0.25, 0.3) is 0 Å². The second-order valence-electron chi connectivity index (χ2n) is 6.34. The Labute approximate surface area is 179 Å². The monoisotopic (exact) mass is 466 g/mol. The zero-order valence-corrected chi connectivity index (χ0v) is 18.3. The molecule has 2 aromatic rings. The fourth-order valence-electron chi connectivity index (χ4n) is 2.57. The number of hydrogen-bond acceptors (Lipinski definition) is 3. The summed E-state index contributed by atoms with van der Waals surface area (Å²) in [6.45, 7) is 4.43. The van der Waals surface area contributed by atoms with Crippen molar-refractivity contribution < 1.29 is 14.3 Å². The van der Waals surface area contributed by atoms with E-state index in [-0.39, 0.29) is 18.4 Å². The van der Waals surface area contributed by atoms with Crippen LogP contribution in [0.3, 0.4) is 0 Å². The highest BCUT2D eigenvalue weighted by atomic mass is 79.9. The van der Waals surface area contributed by atoms with Crippen LogP contribution in [0, 0.1) is 0 Å². The van der Waals surface area contributed by atoms with Gasteiger partial charge in [0.15, 0.2) is 6.61 Å². The predicted molar refractivity (Wildman–Crippen MR) is 114 cm³/mol. The number of halogens is 2. The fourth-order valence-corrected chi connectivity index (χ4v) is 3.37. The lowest BCUT2D eigenvalue weighted by atomic mass is 10.1. The van der Waals surface area contributed by atoms with E-state index >= 15 is 0 Å². The molecule has 0 aliphatic rings. The Bertz CT molecular complexity index is 801. The van der Waals surface area contributed by atoms with Crippen LogP contribution in [0.5, 0.6) is 5.75 Å². The van der Waals surface area contributed by atoms with E-state index in [2.05, 4.69) is 21.2 Å². The molecule has 0 aliphatic carbocycles. The van der Waals surface area contributed by atoms with E-state index in [9.17, 15) is 9.59 Å². The van der Waals surface area contributed by atoms with E-state index in [1.807, 2.05) is 37.3 Å². The quantitative estimate of drug-likeness (QED) is 0.594. The Morgan fingerprint density at radius 2 is 1.93 bits per heavy atom. The van der Waals surface area contributed by atoms with Crippen LogP contribution in [0.1, 0.15) is 25.8 Å². The molecule has 1 N–H and O–H groups in total. The molecule has 0 saturated heterocycles. The Kier molecular flexibility index (Phi) is 8.80. The van der Waals surface area contributed by atoms with Crippen LogP contribution >= 0.6 is 27.5 Å². The van der Waals surface area contributed by atoms with Crippen molar-refractivity contribution in [2.75, 3.05) is 13.2 Å². The van der Waals surface area contributed by atoms with Gasteiger partial charge in [-0.15, -0.1) is 0 Å². The van der Waals surface area contributed by atoms with Crippen LogP contribution in [-0.2, 0) is 16.1 Å². The number of nitrogens with one attached hydrogen (secondary N) is 1. The van der Waals surface area contributed by atoms with E-state index in [1.54, 1.807) is 25.1 Å². The van der Waals surface area contributed by atoms with Crippen molar-refractivity contribution >= 4 is 39.3 Å². The molecule has 0 saturated carbocycles. The van der Waals surface area contributed by atoms with Crippen LogP contribution in [-0.4, -0.2) is 35.9 Å². The van der Waals surface area contributed by atoms with Gasteiger partial charge in [0.05, 0.1) is 4.47 Å².